The van der Waals surface area contributed by atoms with Gasteiger partial charge in [0.25, 0.3) is 0 Å². The topological polar surface area (TPSA) is 9.23 Å². The van der Waals surface area contributed by atoms with E-state index in [0.29, 0.717) is 3.39 Å². The first-order chi connectivity index (χ1) is 6.87. The van der Waals surface area contributed by atoms with Crippen molar-refractivity contribution in [3.63, 3.8) is 0 Å². The summed E-state index contributed by atoms with van der Waals surface area (Å²) in [6.07, 6.45) is -2.94. The third kappa shape index (κ3) is 5.22. The summed E-state index contributed by atoms with van der Waals surface area (Å²) in [6.45, 7) is 0. The number of ether oxygens (including phenoxy) is 1. The van der Waals surface area contributed by atoms with Crippen molar-refractivity contribution in [2.24, 2.45) is 0 Å². The van der Waals surface area contributed by atoms with Gasteiger partial charge in [-0.25, -0.2) is 0 Å². The Bertz CT molecular complexity index is 353. The second kappa shape index (κ2) is 5.03. The molecule has 1 nitrogen and oxygen atoms in total. The molecule has 0 radical (unpaired) electrons. The summed E-state index contributed by atoms with van der Waals surface area (Å²) in [4.78, 5) is 0. The molecule has 0 atom stereocenters. The number of hydrogen-bond donors (Lipinski definition) is 0. The fourth-order valence-corrected chi connectivity index (χ4v) is 1.42. The van der Waals surface area contributed by atoms with Crippen LogP contribution in [-0.4, -0.2) is 6.36 Å². The lowest BCUT2D eigenvalue weighted by atomic mass is 10.2. The van der Waals surface area contributed by atoms with Crippen LogP contribution in [0.4, 0.5) is 13.2 Å². The lowest BCUT2D eigenvalue weighted by molar-refractivity contribution is -0.274. The molecule has 6 heteroatoms. The number of alkyl halides is 3. The summed E-state index contributed by atoms with van der Waals surface area (Å²) in [7, 11) is 0. The molecule has 0 amide bonds. The standard InChI is InChI=1S/C9H5Br2F3O/c10-8(11)5-6-1-3-7(4-2-6)15-9(12,13)14/h1-5H. The van der Waals surface area contributed by atoms with Gasteiger partial charge >= 0.3 is 6.36 Å². The van der Waals surface area contributed by atoms with Gasteiger partial charge in [-0.05, 0) is 55.6 Å². The lowest BCUT2D eigenvalue weighted by Gasteiger charge is -2.08. The monoisotopic (exact) mass is 344 g/mol. The SMILES string of the molecule is FC(F)(F)Oc1ccc(C=C(Br)Br)cc1. The van der Waals surface area contributed by atoms with Crippen LogP contribution < -0.4 is 4.74 Å². The molecule has 0 fully saturated rings. The number of rotatable bonds is 2. The molecule has 0 aliphatic heterocycles. The zero-order valence-corrected chi connectivity index (χ0v) is 10.4. The van der Waals surface area contributed by atoms with Gasteiger partial charge in [0.05, 0.1) is 3.39 Å². The van der Waals surface area contributed by atoms with Crippen molar-refractivity contribution in [1.29, 1.82) is 0 Å². The van der Waals surface area contributed by atoms with Gasteiger partial charge in [0, 0.05) is 0 Å². The van der Waals surface area contributed by atoms with Gasteiger partial charge in [0.2, 0.25) is 0 Å². The number of halogens is 5. The van der Waals surface area contributed by atoms with Crippen LogP contribution in [0.2, 0.25) is 0 Å². The second-order valence-electron chi connectivity index (χ2n) is 2.55. The van der Waals surface area contributed by atoms with Crippen molar-refractivity contribution in [2.45, 2.75) is 6.36 Å². The second-order valence-corrected chi connectivity index (χ2v) is 5.32. The maximum Gasteiger partial charge on any atom is 0.573 e. The van der Waals surface area contributed by atoms with Crippen LogP contribution in [-0.2, 0) is 0 Å². The normalized spacial score (nSPS) is 11.0. The number of hydrogen-bond acceptors (Lipinski definition) is 1. The van der Waals surface area contributed by atoms with E-state index in [-0.39, 0.29) is 5.75 Å². The van der Waals surface area contributed by atoms with Gasteiger partial charge in [-0.2, -0.15) is 0 Å². The van der Waals surface area contributed by atoms with Gasteiger partial charge in [-0.3, -0.25) is 0 Å². The minimum absolute atomic E-state index is 0.231. The molecule has 0 aliphatic carbocycles. The van der Waals surface area contributed by atoms with E-state index < -0.39 is 6.36 Å². The van der Waals surface area contributed by atoms with Gasteiger partial charge in [-0.1, -0.05) is 12.1 Å². The predicted molar refractivity (Wildman–Crippen MR) is 59.0 cm³/mol. The van der Waals surface area contributed by atoms with E-state index in [0.717, 1.165) is 5.56 Å². The first-order valence-electron chi connectivity index (χ1n) is 3.75. The highest BCUT2D eigenvalue weighted by atomic mass is 79.9. The molecule has 0 saturated heterocycles. The Morgan fingerprint density at radius 1 is 1.13 bits per heavy atom. The Kier molecular flexibility index (Phi) is 4.21. The fraction of sp³-hybridized carbons (Fsp3) is 0.111. The molecule has 0 N–H and O–H groups in total. The lowest BCUT2D eigenvalue weighted by Crippen LogP contribution is -2.16. The van der Waals surface area contributed by atoms with E-state index in [1.54, 1.807) is 6.08 Å². The van der Waals surface area contributed by atoms with Crippen LogP contribution in [0.3, 0.4) is 0 Å². The van der Waals surface area contributed by atoms with E-state index in [2.05, 4.69) is 36.6 Å². The molecule has 0 spiro atoms. The quantitative estimate of drug-likeness (QED) is 0.756. The van der Waals surface area contributed by atoms with Crippen molar-refractivity contribution < 1.29 is 17.9 Å². The molecule has 1 rings (SSSR count). The Balaban J connectivity index is 2.77. The van der Waals surface area contributed by atoms with Gasteiger partial charge < -0.3 is 4.74 Å². The summed E-state index contributed by atoms with van der Waals surface area (Å²) in [5.41, 5.74) is 0.758. The van der Waals surface area contributed by atoms with Crippen molar-refractivity contribution in [2.75, 3.05) is 0 Å². The molecule has 15 heavy (non-hydrogen) atoms. The molecule has 0 bridgehead atoms. The van der Waals surface area contributed by atoms with Crippen molar-refractivity contribution in [1.82, 2.24) is 0 Å². The zero-order valence-electron chi connectivity index (χ0n) is 7.18. The average molecular weight is 346 g/mol. The van der Waals surface area contributed by atoms with Gasteiger partial charge in [-0.15, -0.1) is 13.2 Å². The molecule has 0 aliphatic rings. The average Bonchev–Trinajstić information content (AvgIpc) is 2.05. The molecule has 82 valence electrons. The first-order valence-corrected chi connectivity index (χ1v) is 5.34. The highest BCUT2D eigenvalue weighted by Gasteiger charge is 2.30. The van der Waals surface area contributed by atoms with Crippen LogP contribution in [0, 0.1) is 0 Å². The van der Waals surface area contributed by atoms with Crippen LogP contribution >= 0.6 is 31.9 Å². The Morgan fingerprint density at radius 2 is 1.67 bits per heavy atom. The Morgan fingerprint density at radius 3 is 2.07 bits per heavy atom. The molecule has 1 aromatic carbocycles. The first kappa shape index (κ1) is 12.6. The van der Waals surface area contributed by atoms with E-state index in [4.69, 9.17) is 0 Å². The molecule has 1 aromatic rings. The van der Waals surface area contributed by atoms with Crippen LogP contribution in [0.25, 0.3) is 6.08 Å². The summed E-state index contributed by atoms with van der Waals surface area (Å²) < 4.78 is 39.8. The molecular weight excluding hydrogens is 341 g/mol. The summed E-state index contributed by atoms with van der Waals surface area (Å²) in [5, 5.41) is 0. The van der Waals surface area contributed by atoms with Crippen LogP contribution in [0.15, 0.2) is 27.7 Å². The maximum absolute atomic E-state index is 11.8. The maximum atomic E-state index is 11.8. The van der Waals surface area contributed by atoms with Gasteiger partial charge in [0.1, 0.15) is 5.75 Å². The van der Waals surface area contributed by atoms with Crippen molar-refractivity contribution in [3.05, 3.63) is 33.2 Å². The third-order valence-electron chi connectivity index (χ3n) is 1.39. The highest BCUT2D eigenvalue weighted by Crippen LogP contribution is 2.24. The summed E-state index contributed by atoms with van der Waals surface area (Å²) in [6, 6.07) is 5.54. The van der Waals surface area contributed by atoms with Crippen LogP contribution in [0.1, 0.15) is 5.56 Å². The van der Waals surface area contributed by atoms with Crippen molar-refractivity contribution >= 4 is 37.9 Å². The van der Waals surface area contributed by atoms with Crippen molar-refractivity contribution in [3.8, 4) is 5.75 Å². The fourth-order valence-electron chi connectivity index (χ4n) is 0.892. The molecule has 0 unspecified atom stereocenters. The van der Waals surface area contributed by atoms with E-state index in [1.165, 1.54) is 24.3 Å². The number of benzene rings is 1. The van der Waals surface area contributed by atoms with Gasteiger partial charge in [0.15, 0.2) is 0 Å². The Hall–Kier alpha value is -0.490. The minimum atomic E-state index is -4.65. The van der Waals surface area contributed by atoms with Crippen LogP contribution in [0.5, 0.6) is 5.75 Å². The molecule has 0 saturated carbocycles. The zero-order chi connectivity index (χ0) is 11.5. The molecular formula is C9H5Br2F3O. The predicted octanol–water partition coefficient (Wildman–Crippen LogP) is 4.67. The summed E-state index contributed by atoms with van der Waals surface area (Å²) in [5.74, 6) is -0.231. The van der Waals surface area contributed by atoms with E-state index in [9.17, 15) is 13.2 Å². The largest absolute Gasteiger partial charge is 0.573 e. The Labute approximate surface area is 101 Å². The molecule has 0 aromatic heterocycles. The molecule has 0 heterocycles. The van der Waals surface area contributed by atoms with E-state index in [1.807, 2.05) is 0 Å². The highest BCUT2D eigenvalue weighted by molar-refractivity contribution is 9.28. The minimum Gasteiger partial charge on any atom is -0.406 e. The van der Waals surface area contributed by atoms with E-state index >= 15 is 0 Å². The smallest absolute Gasteiger partial charge is 0.406 e. The third-order valence-corrected chi connectivity index (χ3v) is 1.85. The summed E-state index contributed by atoms with van der Waals surface area (Å²) >= 11 is 6.29.